The first-order valence-electron chi connectivity index (χ1n) is 6.58. The Morgan fingerprint density at radius 3 is 3.10 bits per heavy atom. The lowest BCUT2D eigenvalue weighted by atomic mass is 10.1. The molecule has 1 aliphatic heterocycles. The number of rotatable bonds is 4. The topological polar surface area (TPSA) is 72.3 Å². The minimum absolute atomic E-state index is 0.473. The summed E-state index contributed by atoms with van der Waals surface area (Å²) >= 11 is 0. The lowest BCUT2D eigenvalue weighted by Gasteiger charge is -2.18. The standard InChI is InChI=1S/C14H15N5O/c1-2-7-20-12-6-4-3-5-10(12)13-15-8-11-14(18-13)16-9-17-19-11/h3-6,9H,2,7-8H2,1H3,(H,15,16,17,18). The average molecular weight is 269 g/mol. The van der Waals surface area contributed by atoms with Gasteiger partial charge in [-0.05, 0) is 18.6 Å². The van der Waals surface area contributed by atoms with Crippen molar-refractivity contribution in [3.05, 3.63) is 41.9 Å². The molecular formula is C14H15N5O. The highest BCUT2D eigenvalue weighted by Gasteiger charge is 2.18. The molecule has 0 bridgehead atoms. The van der Waals surface area contributed by atoms with Crippen molar-refractivity contribution in [2.24, 2.45) is 4.99 Å². The first kappa shape index (κ1) is 12.5. The Kier molecular flexibility index (Phi) is 3.54. The van der Waals surface area contributed by atoms with Gasteiger partial charge in [0.2, 0.25) is 0 Å². The van der Waals surface area contributed by atoms with Crippen LogP contribution in [0.1, 0.15) is 24.6 Å². The molecule has 0 aliphatic carbocycles. The van der Waals surface area contributed by atoms with E-state index in [1.165, 1.54) is 6.33 Å². The van der Waals surface area contributed by atoms with Crippen LogP contribution in [0.2, 0.25) is 0 Å². The van der Waals surface area contributed by atoms with Crippen molar-refractivity contribution in [3.8, 4) is 5.75 Å². The molecule has 2 aromatic rings. The summed E-state index contributed by atoms with van der Waals surface area (Å²) in [5, 5.41) is 11.0. The van der Waals surface area contributed by atoms with E-state index in [-0.39, 0.29) is 0 Å². The summed E-state index contributed by atoms with van der Waals surface area (Å²) in [5.74, 6) is 2.28. The molecule has 0 unspecified atom stereocenters. The van der Waals surface area contributed by atoms with Gasteiger partial charge in [0.15, 0.2) is 5.82 Å². The van der Waals surface area contributed by atoms with E-state index in [9.17, 15) is 0 Å². The maximum Gasteiger partial charge on any atom is 0.159 e. The molecule has 102 valence electrons. The number of nitrogens with one attached hydrogen (secondary N) is 1. The molecule has 0 saturated carbocycles. The molecule has 0 spiro atoms. The molecule has 1 aromatic carbocycles. The van der Waals surface area contributed by atoms with Crippen molar-refractivity contribution in [1.29, 1.82) is 0 Å². The molecule has 0 atom stereocenters. The number of hydrogen-bond donors (Lipinski definition) is 1. The van der Waals surface area contributed by atoms with Crippen molar-refractivity contribution in [3.63, 3.8) is 0 Å². The van der Waals surface area contributed by atoms with E-state index >= 15 is 0 Å². The monoisotopic (exact) mass is 269 g/mol. The largest absolute Gasteiger partial charge is 0.493 e. The van der Waals surface area contributed by atoms with Gasteiger partial charge in [0.1, 0.15) is 23.6 Å². The predicted octanol–water partition coefficient (Wildman–Crippen LogP) is 2.03. The molecule has 0 amide bonds. The van der Waals surface area contributed by atoms with Gasteiger partial charge in [-0.1, -0.05) is 19.1 Å². The van der Waals surface area contributed by atoms with Gasteiger partial charge in [0.05, 0.1) is 18.7 Å². The van der Waals surface area contributed by atoms with Crippen LogP contribution >= 0.6 is 0 Å². The summed E-state index contributed by atoms with van der Waals surface area (Å²) in [6.07, 6.45) is 2.39. The van der Waals surface area contributed by atoms with Crippen LogP contribution in [0.25, 0.3) is 0 Å². The van der Waals surface area contributed by atoms with Crippen molar-refractivity contribution in [1.82, 2.24) is 15.2 Å². The normalized spacial score (nSPS) is 13.2. The number of nitrogens with zero attached hydrogens (tertiary/aromatic N) is 4. The second kappa shape index (κ2) is 5.64. The molecule has 0 radical (unpaired) electrons. The second-order valence-corrected chi connectivity index (χ2v) is 4.39. The molecule has 6 heteroatoms. The fourth-order valence-corrected chi connectivity index (χ4v) is 1.97. The van der Waals surface area contributed by atoms with Crippen LogP contribution in [0.4, 0.5) is 5.82 Å². The number of amidine groups is 1. The third-order valence-corrected chi connectivity index (χ3v) is 2.92. The van der Waals surface area contributed by atoms with Gasteiger partial charge < -0.3 is 10.1 Å². The van der Waals surface area contributed by atoms with Gasteiger partial charge in [0, 0.05) is 0 Å². The van der Waals surface area contributed by atoms with Crippen LogP contribution in [0.3, 0.4) is 0 Å². The van der Waals surface area contributed by atoms with Crippen molar-refractivity contribution in [2.75, 3.05) is 11.9 Å². The number of hydrogen-bond acceptors (Lipinski definition) is 6. The number of para-hydroxylation sites is 1. The third-order valence-electron chi connectivity index (χ3n) is 2.92. The van der Waals surface area contributed by atoms with Crippen LogP contribution in [-0.2, 0) is 6.54 Å². The number of aliphatic imine (C=N–C) groups is 1. The predicted molar refractivity (Wildman–Crippen MR) is 75.9 cm³/mol. The minimum Gasteiger partial charge on any atom is -0.493 e. The summed E-state index contributed by atoms with van der Waals surface area (Å²) in [5.41, 5.74) is 1.69. The Balaban J connectivity index is 1.89. The first-order chi connectivity index (χ1) is 9.88. The Hall–Kier alpha value is -2.50. The highest BCUT2D eigenvalue weighted by Crippen LogP contribution is 2.23. The van der Waals surface area contributed by atoms with Crippen LogP contribution < -0.4 is 10.1 Å². The second-order valence-electron chi connectivity index (χ2n) is 4.39. The molecule has 2 heterocycles. The van der Waals surface area contributed by atoms with Crippen LogP contribution in [0, 0.1) is 0 Å². The zero-order valence-corrected chi connectivity index (χ0v) is 11.2. The van der Waals surface area contributed by atoms with E-state index in [1.807, 2.05) is 24.3 Å². The van der Waals surface area contributed by atoms with Crippen LogP contribution in [0.5, 0.6) is 5.75 Å². The van der Waals surface area contributed by atoms with Crippen molar-refractivity contribution >= 4 is 11.7 Å². The van der Waals surface area contributed by atoms with Crippen molar-refractivity contribution < 1.29 is 4.74 Å². The van der Waals surface area contributed by atoms with E-state index in [0.717, 1.165) is 29.3 Å². The molecule has 0 saturated heterocycles. The Morgan fingerprint density at radius 1 is 1.30 bits per heavy atom. The molecule has 1 aromatic heterocycles. The van der Waals surface area contributed by atoms with E-state index in [4.69, 9.17) is 4.74 Å². The maximum absolute atomic E-state index is 5.76. The van der Waals surface area contributed by atoms with Crippen molar-refractivity contribution in [2.45, 2.75) is 19.9 Å². The number of aromatic nitrogens is 3. The fourth-order valence-electron chi connectivity index (χ4n) is 1.97. The summed E-state index contributed by atoms with van der Waals surface area (Å²) < 4.78 is 5.76. The highest BCUT2D eigenvalue weighted by molar-refractivity contribution is 6.10. The van der Waals surface area contributed by atoms with Gasteiger partial charge in [0.25, 0.3) is 0 Å². The van der Waals surface area contributed by atoms with E-state index in [1.54, 1.807) is 0 Å². The van der Waals surface area contributed by atoms with Crippen LogP contribution in [0.15, 0.2) is 35.6 Å². The van der Waals surface area contributed by atoms with E-state index in [0.29, 0.717) is 19.0 Å². The quantitative estimate of drug-likeness (QED) is 0.919. The summed E-state index contributed by atoms with van der Waals surface area (Å²) in [6, 6.07) is 7.85. The van der Waals surface area contributed by atoms with Crippen LogP contribution in [-0.4, -0.2) is 27.6 Å². The molecule has 0 fully saturated rings. The maximum atomic E-state index is 5.76. The number of benzene rings is 1. The average Bonchev–Trinajstić information content (AvgIpc) is 2.53. The molecular weight excluding hydrogens is 254 g/mol. The van der Waals surface area contributed by atoms with E-state index < -0.39 is 0 Å². The number of anilines is 1. The molecule has 1 aliphatic rings. The summed E-state index contributed by atoms with van der Waals surface area (Å²) in [4.78, 5) is 8.67. The summed E-state index contributed by atoms with van der Waals surface area (Å²) in [7, 11) is 0. The number of fused-ring (bicyclic) bond motifs is 1. The van der Waals surface area contributed by atoms with Gasteiger partial charge in [-0.15, -0.1) is 10.2 Å². The lowest BCUT2D eigenvalue weighted by Crippen LogP contribution is -2.22. The van der Waals surface area contributed by atoms with E-state index in [2.05, 4.69) is 32.4 Å². The SMILES string of the molecule is CCCOc1ccccc1C1=NCc2nncnc2N1. The first-order valence-corrected chi connectivity index (χ1v) is 6.58. The zero-order chi connectivity index (χ0) is 13.8. The fraction of sp³-hybridized carbons (Fsp3) is 0.286. The molecule has 3 rings (SSSR count). The Labute approximate surface area is 116 Å². The molecule has 1 N–H and O–H groups in total. The van der Waals surface area contributed by atoms with Gasteiger partial charge >= 0.3 is 0 Å². The number of ether oxygens (including phenoxy) is 1. The minimum atomic E-state index is 0.473. The van der Waals surface area contributed by atoms with Gasteiger partial charge in [-0.3, -0.25) is 4.99 Å². The van der Waals surface area contributed by atoms with Gasteiger partial charge in [-0.25, -0.2) is 4.98 Å². The highest BCUT2D eigenvalue weighted by atomic mass is 16.5. The Morgan fingerprint density at radius 2 is 2.20 bits per heavy atom. The third kappa shape index (κ3) is 2.45. The Bertz CT molecular complexity index is 641. The summed E-state index contributed by atoms with van der Waals surface area (Å²) in [6.45, 7) is 3.24. The molecule has 6 nitrogen and oxygen atoms in total. The lowest BCUT2D eigenvalue weighted by molar-refractivity contribution is 0.317. The smallest absolute Gasteiger partial charge is 0.159 e. The zero-order valence-electron chi connectivity index (χ0n) is 11.2. The van der Waals surface area contributed by atoms with Gasteiger partial charge in [-0.2, -0.15) is 0 Å². The molecule has 20 heavy (non-hydrogen) atoms.